The lowest BCUT2D eigenvalue weighted by molar-refractivity contribution is 0.442. The van der Waals surface area contributed by atoms with E-state index in [9.17, 15) is 4.39 Å². The number of nitrogens with two attached hydrogens (primary N) is 1. The van der Waals surface area contributed by atoms with Crippen LogP contribution in [0.3, 0.4) is 0 Å². The summed E-state index contributed by atoms with van der Waals surface area (Å²) in [6, 6.07) is 9.74. The SMILES string of the molecule is NCCc1ccc(Oc2cccc(Cl)c2F)cc1Cl. The van der Waals surface area contributed by atoms with Crippen molar-refractivity contribution in [2.45, 2.75) is 6.42 Å². The molecular weight excluding hydrogens is 288 g/mol. The minimum absolute atomic E-state index is 0.0170. The second-order valence-electron chi connectivity index (χ2n) is 3.95. The van der Waals surface area contributed by atoms with Gasteiger partial charge in [-0.3, -0.25) is 0 Å². The van der Waals surface area contributed by atoms with E-state index in [0.29, 0.717) is 23.7 Å². The smallest absolute Gasteiger partial charge is 0.184 e. The Kier molecular flexibility index (Phi) is 4.64. The van der Waals surface area contributed by atoms with Gasteiger partial charge in [-0.1, -0.05) is 35.3 Å². The average Bonchev–Trinajstić information content (AvgIpc) is 2.38. The molecule has 0 radical (unpaired) electrons. The van der Waals surface area contributed by atoms with Gasteiger partial charge >= 0.3 is 0 Å². The van der Waals surface area contributed by atoms with Crippen LogP contribution in [-0.2, 0) is 6.42 Å². The van der Waals surface area contributed by atoms with Crippen molar-refractivity contribution in [1.29, 1.82) is 0 Å². The van der Waals surface area contributed by atoms with Crippen LogP contribution in [0.15, 0.2) is 36.4 Å². The van der Waals surface area contributed by atoms with Crippen molar-refractivity contribution in [2.75, 3.05) is 6.54 Å². The summed E-state index contributed by atoms with van der Waals surface area (Å²) in [4.78, 5) is 0. The van der Waals surface area contributed by atoms with Crippen LogP contribution in [-0.4, -0.2) is 6.54 Å². The van der Waals surface area contributed by atoms with Crippen molar-refractivity contribution >= 4 is 23.2 Å². The van der Waals surface area contributed by atoms with Crippen molar-refractivity contribution in [3.63, 3.8) is 0 Å². The summed E-state index contributed by atoms with van der Waals surface area (Å²) in [6.45, 7) is 0.517. The zero-order chi connectivity index (χ0) is 13.8. The molecule has 0 atom stereocenters. The Morgan fingerprint density at radius 1 is 1.11 bits per heavy atom. The van der Waals surface area contributed by atoms with Gasteiger partial charge in [-0.2, -0.15) is 0 Å². The summed E-state index contributed by atoms with van der Waals surface area (Å²) in [5.41, 5.74) is 6.41. The predicted molar refractivity (Wildman–Crippen MR) is 75.7 cm³/mol. The highest BCUT2D eigenvalue weighted by Gasteiger charge is 2.09. The highest BCUT2D eigenvalue weighted by atomic mass is 35.5. The molecule has 0 saturated carbocycles. The first-order valence-electron chi connectivity index (χ1n) is 5.72. The molecule has 0 amide bonds. The minimum Gasteiger partial charge on any atom is -0.454 e. The molecule has 5 heteroatoms. The molecule has 0 aliphatic heterocycles. The zero-order valence-electron chi connectivity index (χ0n) is 10.00. The molecular formula is C14H12Cl2FNO. The summed E-state index contributed by atoms with van der Waals surface area (Å²) in [5, 5.41) is 0.564. The largest absolute Gasteiger partial charge is 0.454 e. The number of rotatable bonds is 4. The summed E-state index contributed by atoms with van der Waals surface area (Å²) < 4.78 is 19.1. The Bertz CT molecular complexity index is 590. The Morgan fingerprint density at radius 2 is 1.89 bits per heavy atom. The van der Waals surface area contributed by atoms with E-state index in [1.807, 2.05) is 6.07 Å². The molecule has 0 heterocycles. The number of ether oxygens (including phenoxy) is 1. The first-order chi connectivity index (χ1) is 9.11. The molecule has 0 unspecified atom stereocenters. The Hall–Kier alpha value is -1.29. The van der Waals surface area contributed by atoms with E-state index in [1.165, 1.54) is 12.1 Å². The molecule has 2 rings (SSSR count). The van der Waals surface area contributed by atoms with Gasteiger partial charge in [0.15, 0.2) is 11.6 Å². The maximum Gasteiger partial charge on any atom is 0.184 e. The van der Waals surface area contributed by atoms with E-state index in [-0.39, 0.29) is 10.8 Å². The molecule has 0 spiro atoms. The summed E-state index contributed by atoms with van der Waals surface area (Å²) >= 11 is 11.8. The van der Waals surface area contributed by atoms with Crippen molar-refractivity contribution < 1.29 is 9.13 Å². The third kappa shape index (κ3) is 3.38. The Labute approximate surface area is 120 Å². The average molecular weight is 300 g/mol. The number of benzene rings is 2. The lowest BCUT2D eigenvalue weighted by atomic mass is 10.1. The van der Waals surface area contributed by atoms with E-state index in [4.69, 9.17) is 33.7 Å². The number of hydrogen-bond acceptors (Lipinski definition) is 2. The second-order valence-corrected chi connectivity index (χ2v) is 4.76. The van der Waals surface area contributed by atoms with Crippen LogP contribution in [0, 0.1) is 5.82 Å². The van der Waals surface area contributed by atoms with Gasteiger partial charge in [0, 0.05) is 5.02 Å². The van der Waals surface area contributed by atoms with Crippen LogP contribution in [0.1, 0.15) is 5.56 Å². The lowest BCUT2D eigenvalue weighted by Gasteiger charge is -2.09. The van der Waals surface area contributed by atoms with E-state index in [2.05, 4.69) is 0 Å². The van der Waals surface area contributed by atoms with Crippen LogP contribution in [0.25, 0.3) is 0 Å². The summed E-state index contributed by atoms with van der Waals surface area (Å²) in [5.74, 6) is -0.0756. The standard InChI is InChI=1S/C14H12Cl2FNO/c15-11-2-1-3-13(14(11)17)19-10-5-4-9(6-7-18)12(16)8-10/h1-5,8H,6-7,18H2. The van der Waals surface area contributed by atoms with Crippen LogP contribution >= 0.6 is 23.2 Å². The third-order valence-electron chi connectivity index (χ3n) is 2.58. The van der Waals surface area contributed by atoms with Crippen molar-refractivity contribution in [2.24, 2.45) is 5.73 Å². The van der Waals surface area contributed by atoms with Gasteiger partial charge in [0.25, 0.3) is 0 Å². The monoisotopic (exact) mass is 299 g/mol. The van der Waals surface area contributed by atoms with Crippen LogP contribution in [0.5, 0.6) is 11.5 Å². The molecule has 0 aromatic heterocycles. The van der Waals surface area contributed by atoms with Gasteiger partial charge in [0.2, 0.25) is 0 Å². The third-order valence-corrected chi connectivity index (χ3v) is 3.23. The van der Waals surface area contributed by atoms with Crippen LogP contribution < -0.4 is 10.5 Å². The number of hydrogen-bond donors (Lipinski definition) is 1. The number of halogens is 3. The predicted octanol–water partition coefficient (Wildman–Crippen LogP) is 4.43. The van der Waals surface area contributed by atoms with Crippen LogP contribution in [0.4, 0.5) is 4.39 Å². The first-order valence-corrected chi connectivity index (χ1v) is 6.47. The first kappa shape index (κ1) is 14.1. The summed E-state index contributed by atoms with van der Waals surface area (Å²) in [7, 11) is 0. The molecule has 0 aliphatic carbocycles. The molecule has 2 nitrogen and oxygen atoms in total. The normalized spacial score (nSPS) is 10.5. The molecule has 2 aromatic rings. The molecule has 100 valence electrons. The van der Waals surface area contributed by atoms with E-state index in [1.54, 1.807) is 18.2 Å². The van der Waals surface area contributed by atoms with E-state index >= 15 is 0 Å². The van der Waals surface area contributed by atoms with Crippen molar-refractivity contribution in [3.8, 4) is 11.5 Å². The molecule has 2 N–H and O–H groups in total. The van der Waals surface area contributed by atoms with Gasteiger partial charge in [0.1, 0.15) is 5.75 Å². The lowest BCUT2D eigenvalue weighted by Crippen LogP contribution is -2.03. The molecule has 19 heavy (non-hydrogen) atoms. The van der Waals surface area contributed by atoms with E-state index < -0.39 is 5.82 Å². The fraction of sp³-hybridized carbons (Fsp3) is 0.143. The van der Waals surface area contributed by atoms with Crippen molar-refractivity contribution in [1.82, 2.24) is 0 Å². The highest BCUT2D eigenvalue weighted by Crippen LogP contribution is 2.31. The molecule has 0 fully saturated rings. The topological polar surface area (TPSA) is 35.2 Å². The van der Waals surface area contributed by atoms with Gasteiger partial charge in [-0.25, -0.2) is 4.39 Å². The van der Waals surface area contributed by atoms with Gasteiger partial charge in [-0.05, 0) is 42.8 Å². The Morgan fingerprint density at radius 3 is 2.58 bits per heavy atom. The van der Waals surface area contributed by atoms with Crippen LogP contribution in [0.2, 0.25) is 10.0 Å². The minimum atomic E-state index is -0.591. The highest BCUT2D eigenvalue weighted by molar-refractivity contribution is 6.31. The van der Waals surface area contributed by atoms with Gasteiger partial charge < -0.3 is 10.5 Å². The molecule has 0 saturated heterocycles. The zero-order valence-corrected chi connectivity index (χ0v) is 11.5. The van der Waals surface area contributed by atoms with Crippen molar-refractivity contribution in [3.05, 3.63) is 57.8 Å². The molecule has 0 aliphatic rings. The Balaban J connectivity index is 2.24. The fourth-order valence-electron chi connectivity index (χ4n) is 1.64. The fourth-order valence-corrected chi connectivity index (χ4v) is 2.07. The maximum absolute atomic E-state index is 13.7. The van der Waals surface area contributed by atoms with Gasteiger partial charge in [-0.15, -0.1) is 0 Å². The molecule has 0 bridgehead atoms. The summed E-state index contributed by atoms with van der Waals surface area (Å²) in [6.07, 6.45) is 0.685. The van der Waals surface area contributed by atoms with Gasteiger partial charge in [0.05, 0.1) is 5.02 Å². The second kappa shape index (κ2) is 6.24. The molecule has 2 aromatic carbocycles. The van der Waals surface area contributed by atoms with E-state index in [0.717, 1.165) is 5.56 Å². The maximum atomic E-state index is 13.7. The quantitative estimate of drug-likeness (QED) is 0.906.